The molecule has 0 amide bonds. The predicted octanol–water partition coefficient (Wildman–Crippen LogP) is 8.71. The lowest BCUT2D eigenvalue weighted by atomic mass is 10.1. The normalized spacial score (nSPS) is 10.2. The molecule has 0 atom stereocenters. The largest absolute Gasteiger partial charge is 0.375 e. The van der Waals surface area contributed by atoms with Gasteiger partial charge in [-0.25, -0.2) is 4.57 Å². The van der Waals surface area contributed by atoms with Gasteiger partial charge < -0.3 is 4.90 Å². The zero-order valence-corrected chi connectivity index (χ0v) is 22.5. The first-order valence-corrected chi connectivity index (χ1v) is 13.1. The van der Waals surface area contributed by atoms with Crippen molar-refractivity contribution in [3.05, 3.63) is 59.4 Å². The second kappa shape index (κ2) is 19.6. The maximum absolute atomic E-state index is 2.34. The Morgan fingerprint density at radius 3 is 1.94 bits per heavy atom. The van der Waals surface area contributed by atoms with Crippen molar-refractivity contribution in [1.29, 1.82) is 0 Å². The molecular weight excluding hydrogens is 388 g/mol. The van der Waals surface area contributed by atoms with Gasteiger partial charge in [-0.05, 0) is 43.5 Å². The molecule has 0 bridgehead atoms. The van der Waals surface area contributed by atoms with Gasteiger partial charge in [0.2, 0.25) is 0 Å². The van der Waals surface area contributed by atoms with Gasteiger partial charge in [-0.2, -0.15) is 0 Å². The van der Waals surface area contributed by atoms with Crippen LogP contribution in [0.1, 0.15) is 103 Å². The molecule has 1 heterocycles. The van der Waals surface area contributed by atoms with Crippen LogP contribution < -0.4 is 9.47 Å². The number of nitrogens with zero attached hydrogens (tertiary/aromatic N) is 2. The van der Waals surface area contributed by atoms with Crippen molar-refractivity contribution in [3.8, 4) is 0 Å². The Kier molecular flexibility index (Phi) is 18.3. The third-order valence-corrected chi connectivity index (χ3v) is 5.54. The van der Waals surface area contributed by atoms with Crippen LogP contribution in [0.25, 0.3) is 12.2 Å². The summed E-state index contributed by atoms with van der Waals surface area (Å²) in [7, 11) is 2.12. The van der Waals surface area contributed by atoms with Gasteiger partial charge in [0.15, 0.2) is 12.4 Å². The fourth-order valence-electron chi connectivity index (χ4n) is 3.46. The molecule has 0 N–H and O–H groups in total. The Morgan fingerprint density at radius 1 is 0.781 bits per heavy atom. The number of aryl methyl sites for hydroxylation is 2. The number of unbranched alkanes of at least 4 members (excludes halogenated alkanes) is 6. The van der Waals surface area contributed by atoms with E-state index in [0.29, 0.717) is 0 Å². The Balaban J connectivity index is 0.00000227. The predicted molar refractivity (Wildman–Crippen MR) is 146 cm³/mol. The molecular formula is C30H51N2+. The van der Waals surface area contributed by atoms with E-state index in [-0.39, 0.29) is 0 Å². The number of pyridine rings is 1. The van der Waals surface area contributed by atoms with E-state index in [2.05, 4.69) is 92.2 Å². The maximum Gasteiger partial charge on any atom is 0.172 e. The number of aromatic nitrogens is 1. The van der Waals surface area contributed by atoms with Crippen molar-refractivity contribution in [3.63, 3.8) is 0 Å². The average Bonchev–Trinajstić information content (AvgIpc) is 2.85. The summed E-state index contributed by atoms with van der Waals surface area (Å²) in [5, 5.41) is 0. The fraction of sp³-hybridized carbons (Fsp3) is 0.567. The zero-order valence-electron chi connectivity index (χ0n) is 22.5. The molecule has 2 aromatic rings. The van der Waals surface area contributed by atoms with Crippen LogP contribution in [0.15, 0.2) is 42.7 Å². The Morgan fingerprint density at radius 2 is 1.38 bits per heavy atom. The fourth-order valence-corrected chi connectivity index (χ4v) is 3.46. The van der Waals surface area contributed by atoms with E-state index in [9.17, 15) is 0 Å². The number of hydrogen-bond donors (Lipinski definition) is 0. The first-order valence-electron chi connectivity index (χ1n) is 13.1. The van der Waals surface area contributed by atoms with Crippen LogP contribution in [0.4, 0.5) is 5.69 Å². The molecule has 0 fully saturated rings. The molecule has 32 heavy (non-hydrogen) atoms. The Labute approximate surface area is 200 Å². The highest BCUT2D eigenvalue weighted by Gasteiger charge is 2.04. The van der Waals surface area contributed by atoms with Gasteiger partial charge in [0.05, 0.1) is 0 Å². The number of rotatable bonds is 12. The summed E-state index contributed by atoms with van der Waals surface area (Å²) >= 11 is 0. The molecule has 180 valence electrons. The number of anilines is 1. The van der Waals surface area contributed by atoms with Crippen molar-refractivity contribution < 1.29 is 4.57 Å². The van der Waals surface area contributed by atoms with Crippen LogP contribution in [0, 0.1) is 6.92 Å². The summed E-state index contributed by atoms with van der Waals surface area (Å²) in [4.78, 5) is 2.25. The van der Waals surface area contributed by atoms with Crippen LogP contribution in [0.2, 0.25) is 0 Å². The lowest BCUT2D eigenvalue weighted by Gasteiger charge is -2.16. The Bertz CT molecular complexity index is 716. The van der Waals surface area contributed by atoms with Crippen LogP contribution in [0.3, 0.4) is 0 Å². The molecule has 0 aliphatic heterocycles. The summed E-state index contributed by atoms with van der Waals surface area (Å²) in [5.41, 5.74) is 5.14. The second-order valence-corrected chi connectivity index (χ2v) is 7.88. The molecule has 1 aromatic heterocycles. The molecule has 0 saturated carbocycles. The lowest BCUT2D eigenvalue weighted by molar-refractivity contribution is -0.697. The molecule has 2 nitrogen and oxygen atoms in total. The molecule has 0 aliphatic rings. The SMILES string of the molecule is CC.CC.CCCCCCCCC[n+]1ccc(/C=C/c2ccc(N(C)CC)cc2)c(C)c1. The molecule has 0 saturated heterocycles. The number of benzene rings is 1. The van der Waals surface area contributed by atoms with Gasteiger partial charge in [0.1, 0.15) is 6.54 Å². The van der Waals surface area contributed by atoms with Crippen LogP contribution in [0.5, 0.6) is 0 Å². The van der Waals surface area contributed by atoms with Gasteiger partial charge in [0.25, 0.3) is 0 Å². The van der Waals surface area contributed by atoms with E-state index in [4.69, 9.17) is 0 Å². The molecule has 2 heteroatoms. The third kappa shape index (κ3) is 12.1. The topological polar surface area (TPSA) is 7.12 Å². The first kappa shape index (κ1) is 29.9. The highest BCUT2D eigenvalue weighted by Crippen LogP contribution is 2.16. The second-order valence-electron chi connectivity index (χ2n) is 7.88. The minimum atomic E-state index is 1.03. The molecule has 0 radical (unpaired) electrons. The van der Waals surface area contributed by atoms with E-state index in [1.807, 2.05) is 27.7 Å². The first-order chi connectivity index (χ1) is 15.6. The van der Waals surface area contributed by atoms with Crippen LogP contribution in [-0.4, -0.2) is 13.6 Å². The van der Waals surface area contributed by atoms with Gasteiger partial charge in [-0.1, -0.05) is 91.0 Å². The smallest absolute Gasteiger partial charge is 0.172 e. The van der Waals surface area contributed by atoms with E-state index in [1.165, 1.54) is 67.3 Å². The summed E-state index contributed by atoms with van der Waals surface area (Å²) in [6.07, 6.45) is 18.5. The van der Waals surface area contributed by atoms with E-state index in [1.54, 1.807) is 0 Å². The molecule has 0 unspecified atom stereocenters. The van der Waals surface area contributed by atoms with Crippen LogP contribution >= 0.6 is 0 Å². The molecule has 0 spiro atoms. The van der Waals surface area contributed by atoms with Gasteiger partial charge >= 0.3 is 0 Å². The van der Waals surface area contributed by atoms with Gasteiger partial charge in [0, 0.05) is 37.3 Å². The summed E-state index contributed by atoms with van der Waals surface area (Å²) in [6, 6.07) is 11.0. The third-order valence-electron chi connectivity index (χ3n) is 5.54. The highest BCUT2D eigenvalue weighted by atomic mass is 15.1. The van der Waals surface area contributed by atoms with E-state index >= 15 is 0 Å². The van der Waals surface area contributed by atoms with Crippen LogP contribution in [-0.2, 0) is 6.54 Å². The maximum atomic E-state index is 2.34. The molecule has 0 aliphatic carbocycles. The minimum Gasteiger partial charge on any atom is -0.375 e. The number of hydrogen-bond acceptors (Lipinski definition) is 1. The van der Waals surface area contributed by atoms with Crippen molar-refractivity contribution in [2.75, 3.05) is 18.5 Å². The van der Waals surface area contributed by atoms with Gasteiger partial charge in [-0.3, -0.25) is 0 Å². The van der Waals surface area contributed by atoms with E-state index < -0.39 is 0 Å². The summed E-state index contributed by atoms with van der Waals surface area (Å²) < 4.78 is 2.34. The minimum absolute atomic E-state index is 1.03. The standard InChI is InChI=1S/C26H39N2.2C2H6/c1-5-7-8-9-10-11-12-20-28-21-19-25(23(3)22-28)16-13-24-14-17-26(18-15-24)27(4)6-2;2*1-2/h13-19,21-22H,5-12,20H2,1-4H3;2*1-2H3/q+1;;. The summed E-state index contributed by atoms with van der Waals surface area (Å²) in [5.74, 6) is 0. The highest BCUT2D eigenvalue weighted by molar-refractivity contribution is 5.71. The van der Waals surface area contributed by atoms with Crippen molar-refractivity contribution in [2.45, 2.75) is 100.0 Å². The van der Waals surface area contributed by atoms with Gasteiger partial charge in [-0.15, -0.1) is 0 Å². The lowest BCUT2D eigenvalue weighted by Crippen LogP contribution is -2.33. The monoisotopic (exact) mass is 439 g/mol. The van der Waals surface area contributed by atoms with E-state index in [0.717, 1.165) is 13.1 Å². The summed E-state index contributed by atoms with van der Waals surface area (Å²) in [6.45, 7) is 16.8. The average molecular weight is 440 g/mol. The zero-order chi connectivity index (χ0) is 24.2. The van der Waals surface area contributed by atoms with Crippen molar-refractivity contribution in [2.24, 2.45) is 0 Å². The van der Waals surface area contributed by atoms with Crippen molar-refractivity contribution >= 4 is 17.8 Å². The molecule has 2 rings (SSSR count). The quantitative estimate of drug-likeness (QED) is 0.237. The Hall–Kier alpha value is -2.09. The van der Waals surface area contributed by atoms with Crippen molar-refractivity contribution in [1.82, 2.24) is 0 Å². The molecule has 1 aromatic carbocycles.